The molecular weight excluding hydrogens is 341 g/mol. The zero-order chi connectivity index (χ0) is 13.1. The molecule has 0 unspecified atom stereocenters. The Balaban J connectivity index is 0.00000147. The Morgan fingerprint density at radius 1 is 1.05 bits per heavy atom. The quantitative estimate of drug-likeness (QED) is 0.907. The van der Waals surface area contributed by atoms with Crippen molar-refractivity contribution in [3.05, 3.63) is 42.1 Å². The number of rotatable bonds is 3. The molecule has 2 aromatic rings. The van der Waals surface area contributed by atoms with Gasteiger partial charge in [-0.25, -0.2) is 0 Å². The summed E-state index contributed by atoms with van der Waals surface area (Å²) < 4.78 is 0. The van der Waals surface area contributed by atoms with Crippen LogP contribution in [-0.2, 0) is 6.42 Å². The Labute approximate surface area is 150 Å². The van der Waals surface area contributed by atoms with Gasteiger partial charge in [-0.3, -0.25) is 4.98 Å². The van der Waals surface area contributed by atoms with Crippen molar-refractivity contribution in [2.24, 2.45) is 5.73 Å². The molecule has 3 rings (SSSR count). The molecule has 1 fully saturated rings. The average molecular weight is 365 g/mol. The summed E-state index contributed by atoms with van der Waals surface area (Å²) in [5.41, 5.74) is 8.44. The van der Waals surface area contributed by atoms with E-state index < -0.39 is 0 Å². The molecule has 2 heterocycles. The van der Waals surface area contributed by atoms with Crippen molar-refractivity contribution in [2.45, 2.75) is 25.3 Å². The summed E-state index contributed by atoms with van der Waals surface area (Å²) in [6, 6.07) is 11.0. The molecule has 1 saturated heterocycles. The number of aromatic nitrogens is 1. The summed E-state index contributed by atoms with van der Waals surface area (Å²) in [6.45, 7) is 3.41. The number of nitrogens with two attached hydrogens (primary N) is 1. The number of fused-ring (bicyclic) bond motifs is 1. The number of piperidine rings is 1. The zero-order valence-corrected chi connectivity index (χ0v) is 14.9. The van der Waals surface area contributed by atoms with Crippen LogP contribution in [0, 0.1) is 0 Å². The molecule has 0 radical (unpaired) electrons. The fourth-order valence-corrected chi connectivity index (χ4v) is 2.83. The highest BCUT2D eigenvalue weighted by Crippen LogP contribution is 2.17. The summed E-state index contributed by atoms with van der Waals surface area (Å²) in [5.74, 6) is 0. The van der Waals surface area contributed by atoms with Gasteiger partial charge in [0.1, 0.15) is 0 Å². The van der Waals surface area contributed by atoms with Gasteiger partial charge in [-0.15, -0.1) is 37.2 Å². The minimum Gasteiger partial charge on any atom is -0.328 e. The molecule has 22 heavy (non-hydrogen) atoms. The molecule has 0 aliphatic carbocycles. The first-order chi connectivity index (χ1) is 9.33. The van der Waals surface area contributed by atoms with E-state index in [4.69, 9.17) is 5.73 Å². The van der Waals surface area contributed by atoms with Crippen LogP contribution in [0.25, 0.3) is 10.9 Å². The second kappa shape index (κ2) is 10.2. The molecule has 1 aromatic heterocycles. The van der Waals surface area contributed by atoms with Crippen LogP contribution in [0.4, 0.5) is 0 Å². The van der Waals surface area contributed by atoms with Gasteiger partial charge in [0, 0.05) is 24.2 Å². The first kappa shape index (κ1) is 21.4. The maximum Gasteiger partial charge on any atom is 0.0704 e. The Bertz CT molecular complexity index is 552. The number of nitrogens with zero attached hydrogens (tertiary/aromatic N) is 2. The Kier molecular flexibility index (Phi) is 9.97. The van der Waals surface area contributed by atoms with Gasteiger partial charge in [0.05, 0.1) is 5.52 Å². The summed E-state index contributed by atoms with van der Waals surface area (Å²) in [4.78, 5) is 6.94. The van der Waals surface area contributed by atoms with Crippen LogP contribution in [0.1, 0.15) is 18.4 Å². The second-order valence-corrected chi connectivity index (χ2v) is 5.42. The van der Waals surface area contributed by atoms with E-state index in [0.717, 1.165) is 44.4 Å². The van der Waals surface area contributed by atoms with Gasteiger partial charge in [0.15, 0.2) is 0 Å². The molecule has 1 aliphatic rings. The first-order valence-electron chi connectivity index (χ1n) is 7.13. The van der Waals surface area contributed by atoms with Crippen LogP contribution >= 0.6 is 37.2 Å². The van der Waals surface area contributed by atoms with E-state index in [9.17, 15) is 0 Å². The second-order valence-electron chi connectivity index (χ2n) is 5.42. The van der Waals surface area contributed by atoms with Crippen LogP contribution in [0.5, 0.6) is 0 Å². The number of halogens is 3. The van der Waals surface area contributed by atoms with Crippen molar-refractivity contribution < 1.29 is 0 Å². The summed E-state index contributed by atoms with van der Waals surface area (Å²) in [6.07, 6.45) is 5.29. The minimum atomic E-state index is 0. The van der Waals surface area contributed by atoms with Crippen molar-refractivity contribution in [3.8, 4) is 0 Å². The van der Waals surface area contributed by atoms with Crippen LogP contribution in [0.15, 0.2) is 36.5 Å². The number of pyridine rings is 1. The standard InChI is InChI=1S/C16H21N3.3ClH/c17-14-7-11-19(12-8-14)10-6-13-5-9-18-16-4-2-1-3-15(13)16;;;/h1-5,9,14H,6-8,10-12,17H2;3*1H. The van der Waals surface area contributed by atoms with Crippen LogP contribution in [0.2, 0.25) is 0 Å². The third-order valence-corrected chi connectivity index (χ3v) is 4.07. The largest absolute Gasteiger partial charge is 0.328 e. The Hall–Kier alpha value is -0.580. The molecule has 1 aliphatic heterocycles. The normalized spacial score (nSPS) is 15.5. The third kappa shape index (κ3) is 5.25. The highest BCUT2D eigenvalue weighted by molar-refractivity contribution is 5.86. The third-order valence-electron chi connectivity index (χ3n) is 4.07. The van der Waals surface area contributed by atoms with Gasteiger partial charge in [0.25, 0.3) is 0 Å². The molecular formula is C16H24Cl3N3. The molecule has 0 saturated carbocycles. The predicted octanol–water partition coefficient (Wildman–Crippen LogP) is 3.47. The van der Waals surface area contributed by atoms with Gasteiger partial charge in [-0.05, 0) is 50.0 Å². The van der Waals surface area contributed by atoms with Crippen molar-refractivity contribution in [3.63, 3.8) is 0 Å². The number of hydrogen-bond acceptors (Lipinski definition) is 3. The Morgan fingerprint density at radius 3 is 2.45 bits per heavy atom. The van der Waals surface area contributed by atoms with E-state index in [2.05, 4.69) is 34.1 Å². The molecule has 1 aromatic carbocycles. The van der Waals surface area contributed by atoms with Gasteiger partial charge in [0.2, 0.25) is 0 Å². The zero-order valence-electron chi connectivity index (χ0n) is 12.5. The van der Waals surface area contributed by atoms with Crippen LogP contribution in [0.3, 0.4) is 0 Å². The van der Waals surface area contributed by atoms with Gasteiger partial charge in [-0.1, -0.05) is 18.2 Å². The van der Waals surface area contributed by atoms with Gasteiger partial charge in [-0.2, -0.15) is 0 Å². The SMILES string of the molecule is Cl.Cl.Cl.NC1CCN(CCc2ccnc3ccccc23)CC1. The molecule has 124 valence electrons. The predicted molar refractivity (Wildman–Crippen MR) is 101 cm³/mol. The van der Waals surface area contributed by atoms with Gasteiger partial charge >= 0.3 is 0 Å². The van der Waals surface area contributed by atoms with E-state index in [1.54, 1.807) is 0 Å². The number of hydrogen-bond donors (Lipinski definition) is 1. The van der Waals surface area contributed by atoms with E-state index in [1.807, 2.05) is 12.3 Å². The highest BCUT2D eigenvalue weighted by atomic mass is 35.5. The molecule has 2 N–H and O–H groups in total. The molecule has 3 nitrogen and oxygen atoms in total. The molecule has 0 amide bonds. The fourth-order valence-electron chi connectivity index (χ4n) is 2.83. The lowest BCUT2D eigenvalue weighted by atomic mass is 10.0. The summed E-state index contributed by atoms with van der Waals surface area (Å²) in [5, 5.41) is 1.29. The maximum atomic E-state index is 5.94. The molecule has 0 spiro atoms. The number of benzene rings is 1. The Morgan fingerprint density at radius 2 is 1.73 bits per heavy atom. The smallest absolute Gasteiger partial charge is 0.0704 e. The minimum absolute atomic E-state index is 0. The molecule has 0 atom stereocenters. The topological polar surface area (TPSA) is 42.1 Å². The highest BCUT2D eigenvalue weighted by Gasteiger charge is 2.15. The summed E-state index contributed by atoms with van der Waals surface area (Å²) in [7, 11) is 0. The van der Waals surface area contributed by atoms with Crippen molar-refractivity contribution in [1.29, 1.82) is 0 Å². The monoisotopic (exact) mass is 363 g/mol. The first-order valence-corrected chi connectivity index (χ1v) is 7.13. The van der Waals surface area contributed by atoms with E-state index in [-0.39, 0.29) is 37.2 Å². The molecule has 0 bridgehead atoms. The van der Waals surface area contributed by atoms with Crippen molar-refractivity contribution in [1.82, 2.24) is 9.88 Å². The number of para-hydroxylation sites is 1. The average Bonchev–Trinajstić information content (AvgIpc) is 2.47. The van der Waals surface area contributed by atoms with Crippen molar-refractivity contribution >= 4 is 48.1 Å². The lowest BCUT2D eigenvalue weighted by Crippen LogP contribution is -2.40. The van der Waals surface area contributed by atoms with Crippen molar-refractivity contribution in [2.75, 3.05) is 19.6 Å². The van der Waals surface area contributed by atoms with Crippen LogP contribution in [-0.4, -0.2) is 35.6 Å². The lowest BCUT2D eigenvalue weighted by molar-refractivity contribution is 0.216. The fraction of sp³-hybridized carbons (Fsp3) is 0.438. The van der Waals surface area contributed by atoms with Crippen LogP contribution < -0.4 is 5.73 Å². The van der Waals surface area contributed by atoms with Gasteiger partial charge < -0.3 is 10.6 Å². The lowest BCUT2D eigenvalue weighted by Gasteiger charge is -2.30. The summed E-state index contributed by atoms with van der Waals surface area (Å²) >= 11 is 0. The van der Waals surface area contributed by atoms with E-state index in [0.29, 0.717) is 6.04 Å². The van der Waals surface area contributed by atoms with E-state index in [1.165, 1.54) is 10.9 Å². The van der Waals surface area contributed by atoms with E-state index >= 15 is 0 Å². The maximum absolute atomic E-state index is 5.94. The molecule has 6 heteroatoms. The number of likely N-dealkylation sites (tertiary alicyclic amines) is 1.